The molecule has 2 N–H and O–H groups in total. The van der Waals surface area contributed by atoms with Crippen LogP contribution in [0.2, 0.25) is 0 Å². The molecular weight excluding hydrogens is 162 g/mol. The quantitative estimate of drug-likeness (QED) is 0.686. The Kier molecular flexibility index (Phi) is 5.40. The predicted molar refractivity (Wildman–Crippen MR) is 55.7 cm³/mol. The van der Waals surface area contributed by atoms with Crippen molar-refractivity contribution in [3.05, 3.63) is 0 Å². The predicted octanol–water partition coefficient (Wildman–Crippen LogP) is 1.93. The molecule has 0 aromatic heterocycles. The lowest BCUT2D eigenvalue weighted by Gasteiger charge is -2.23. The van der Waals surface area contributed by atoms with Crippen LogP contribution in [0.4, 0.5) is 0 Å². The first-order chi connectivity index (χ1) is 6.33. The lowest BCUT2D eigenvalue weighted by Crippen LogP contribution is -2.28. The highest BCUT2D eigenvalue weighted by atomic mass is 16.3. The summed E-state index contributed by atoms with van der Waals surface area (Å²) in [5, 5.41) is 12.9. The van der Waals surface area contributed by atoms with Crippen LogP contribution in [0.3, 0.4) is 0 Å². The van der Waals surface area contributed by atoms with Gasteiger partial charge in [-0.3, -0.25) is 0 Å². The monoisotopic (exact) mass is 185 g/mol. The van der Waals surface area contributed by atoms with Crippen LogP contribution in [-0.4, -0.2) is 24.3 Å². The summed E-state index contributed by atoms with van der Waals surface area (Å²) in [6, 6.07) is 0. The lowest BCUT2D eigenvalue weighted by molar-refractivity contribution is 0.129. The third kappa shape index (κ3) is 4.63. The average Bonchev–Trinajstić information content (AvgIpc) is 2.16. The van der Waals surface area contributed by atoms with Crippen LogP contribution in [0.5, 0.6) is 0 Å². The normalized spacial score (nSPS) is 21.7. The molecule has 1 fully saturated rings. The van der Waals surface area contributed by atoms with Gasteiger partial charge >= 0.3 is 0 Å². The molecule has 78 valence electrons. The summed E-state index contributed by atoms with van der Waals surface area (Å²) in [7, 11) is 0. The first-order valence-corrected chi connectivity index (χ1v) is 5.71. The number of rotatable bonds is 5. The van der Waals surface area contributed by atoms with E-state index < -0.39 is 0 Å². The molecule has 13 heavy (non-hydrogen) atoms. The molecule has 1 atom stereocenters. The van der Waals surface area contributed by atoms with Gasteiger partial charge < -0.3 is 10.4 Å². The molecular formula is C11H23NO. The highest BCUT2D eigenvalue weighted by Crippen LogP contribution is 2.27. The van der Waals surface area contributed by atoms with E-state index in [2.05, 4.69) is 12.2 Å². The van der Waals surface area contributed by atoms with Crippen molar-refractivity contribution in [3.63, 3.8) is 0 Å². The van der Waals surface area contributed by atoms with E-state index in [0.29, 0.717) is 0 Å². The summed E-state index contributed by atoms with van der Waals surface area (Å²) in [4.78, 5) is 0. The number of aliphatic hydroxyl groups excluding tert-OH is 1. The average molecular weight is 185 g/mol. The molecule has 1 aliphatic carbocycles. The van der Waals surface area contributed by atoms with Crippen LogP contribution < -0.4 is 5.32 Å². The standard InChI is InChI=1S/C11H23NO/c1-2-12-9-11(13)8-10-6-4-3-5-7-10/h10-13H,2-9H2,1H3. The minimum Gasteiger partial charge on any atom is -0.392 e. The SMILES string of the molecule is CCNCC(O)CC1CCCCC1. The van der Waals surface area contributed by atoms with Gasteiger partial charge in [0.1, 0.15) is 0 Å². The maximum Gasteiger partial charge on any atom is 0.0667 e. The Labute approximate surface area is 81.7 Å². The Balaban J connectivity index is 2.07. The van der Waals surface area contributed by atoms with Crippen LogP contribution in [0.1, 0.15) is 45.4 Å². The first kappa shape index (κ1) is 11.0. The summed E-state index contributed by atoms with van der Waals surface area (Å²) in [6.07, 6.45) is 7.71. The van der Waals surface area contributed by atoms with Crippen LogP contribution in [0.15, 0.2) is 0 Å². The van der Waals surface area contributed by atoms with E-state index in [1.165, 1.54) is 32.1 Å². The maximum absolute atomic E-state index is 9.67. The van der Waals surface area contributed by atoms with Gasteiger partial charge in [-0.15, -0.1) is 0 Å². The van der Waals surface area contributed by atoms with Gasteiger partial charge in [-0.25, -0.2) is 0 Å². The Morgan fingerprint density at radius 2 is 2.00 bits per heavy atom. The minimum absolute atomic E-state index is 0.122. The summed E-state index contributed by atoms with van der Waals surface area (Å²) < 4.78 is 0. The third-order valence-electron chi connectivity index (χ3n) is 2.96. The summed E-state index contributed by atoms with van der Waals surface area (Å²) in [5.41, 5.74) is 0. The van der Waals surface area contributed by atoms with Gasteiger partial charge in [0, 0.05) is 6.54 Å². The van der Waals surface area contributed by atoms with Crippen LogP contribution >= 0.6 is 0 Å². The van der Waals surface area contributed by atoms with Gasteiger partial charge in [-0.05, 0) is 18.9 Å². The zero-order valence-corrected chi connectivity index (χ0v) is 8.76. The van der Waals surface area contributed by atoms with Gasteiger partial charge in [-0.1, -0.05) is 39.0 Å². The molecule has 0 aromatic rings. The van der Waals surface area contributed by atoms with E-state index >= 15 is 0 Å². The zero-order valence-electron chi connectivity index (χ0n) is 8.76. The number of likely N-dealkylation sites (N-methyl/N-ethyl adjacent to an activating group) is 1. The number of nitrogens with one attached hydrogen (secondary N) is 1. The molecule has 0 heterocycles. The topological polar surface area (TPSA) is 32.3 Å². The number of hydrogen-bond acceptors (Lipinski definition) is 2. The molecule has 1 aliphatic rings. The summed E-state index contributed by atoms with van der Waals surface area (Å²) >= 11 is 0. The number of hydrogen-bond donors (Lipinski definition) is 2. The van der Waals surface area contributed by atoms with E-state index in [1.54, 1.807) is 0 Å². The van der Waals surface area contributed by atoms with Gasteiger partial charge in [0.15, 0.2) is 0 Å². The van der Waals surface area contributed by atoms with E-state index in [1.807, 2.05) is 0 Å². The van der Waals surface area contributed by atoms with Gasteiger partial charge in [0.2, 0.25) is 0 Å². The summed E-state index contributed by atoms with van der Waals surface area (Å²) in [6.45, 7) is 3.81. The lowest BCUT2D eigenvalue weighted by atomic mass is 9.85. The Hall–Kier alpha value is -0.0800. The Bertz CT molecular complexity index is 121. The second-order valence-electron chi connectivity index (χ2n) is 4.20. The molecule has 0 aliphatic heterocycles. The zero-order chi connectivity index (χ0) is 9.52. The molecule has 2 heteroatoms. The highest BCUT2D eigenvalue weighted by Gasteiger charge is 2.16. The van der Waals surface area contributed by atoms with Gasteiger partial charge in [-0.2, -0.15) is 0 Å². The largest absolute Gasteiger partial charge is 0.392 e. The smallest absolute Gasteiger partial charge is 0.0667 e. The molecule has 0 saturated heterocycles. The molecule has 0 amide bonds. The van der Waals surface area contributed by atoms with E-state index in [0.717, 1.165) is 25.4 Å². The van der Waals surface area contributed by atoms with Crippen molar-refractivity contribution in [1.82, 2.24) is 5.32 Å². The van der Waals surface area contributed by atoms with E-state index in [9.17, 15) is 5.11 Å². The van der Waals surface area contributed by atoms with Crippen LogP contribution in [0, 0.1) is 5.92 Å². The molecule has 1 saturated carbocycles. The van der Waals surface area contributed by atoms with Crippen molar-refractivity contribution in [3.8, 4) is 0 Å². The Morgan fingerprint density at radius 1 is 1.31 bits per heavy atom. The molecule has 2 nitrogen and oxygen atoms in total. The van der Waals surface area contributed by atoms with Crippen LogP contribution in [-0.2, 0) is 0 Å². The van der Waals surface area contributed by atoms with E-state index in [-0.39, 0.29) is 6.10 Å². The van der Waals surface area contributed by atoms with Crippen molar-refractivity contribution < 1.29 is 5.11 Å². The molecule has 0 bridgehead atoms. The maximum atomic E-state index is 9.67. The van der Waals surface area contributed by atoms with Crippen molar-refractivity contribution >= 4 is 0 Å². The molecule has 0 aromatic carbocycles. The third-order valence-corrected chi connectivity index (χ3v) is 2.96. The van der Waals surface area contributed by atoms with Crippen molar-refractivity contribution in [1.29, 1.82) is 0 Å². The molecule has 1 unspecified atom stereocenters. The van der Waals surface area contributed by atoms with Crippen molar-refractivity contribution in [2.45, 2.75) is 51.6 Å². The van der Waals surface area contributed by atoms with Gasteiger partial charge in [0.25, 0.3) is 0 Å². The van der Waals surface area contributed by atoms with E-state index in [4.69, 9.17) is 0 Å². The summed E-state index contributed by atoms with van der Waals surface area (Å²) in [5.74, 6) is 0.794. The molecule has 0 spiro atoms. The Morgan fingerprint density at radius 3 is 2.62 bits per heavy atom. The second kappa shape index (κ2) is 6.39. The first-order valence-electron chi connectivity index (χ1n) is 5.71. The van der Waals surface area contributed by atoms with Crippen LogP contribution in [0.25, 0.3) is 0 Å². The van der Waals surface area contributed by atoms with Crippen molar-refractivity contribution in [2.24, 2.45) is 5.92 Å². The number of aliphatic hydroxyl groups is 1. The fourth-order valence-electron chi connectivity index (χ4n) is 2.20. The van der Waals surface area contributed by atoms with Crippen molar-refractivity contribution in [2.75, 3.05) is 13.1 Å². The fraction of sp³-hybridized carbons (Fsp3) is 1.00. The van der Waals surface area contributed by atoms with Gasteiger partial charge in [0.05, 0.1) is 6.10 Å². The highest BCUT2D eigenvalue weighted by molar-refractivity contribution is 4.70. The fourth-order valence-corrected chi connectivity index (χ4v) is 2.20. The molecule has 1 rings (SSSR count). The molecule has 0 radical (unpaired) electrons. The second-order valence-corrected chi connectivity index (χ2v) is 4.20. The minimum atomic E-state index is -0.122.